The normalized spacial score (nSPS) is 27.4. The maximum atomic E-state index is 5.90. The van der Waals surface area contributed by atoms with Gasteiger partial charge in [0.1, 0.15) is 0 Å². The van der Waals surface area contributed by atoms with Crippen molar-refractivity contribution in [2.45, 2.75) is 52.9 Å². The summed E-state index contributed by atoms with van der Waals surface area (Å²) in [5, 5.41) is 0. The van der Waals surface area contributed by atoms with Crippen molar-refractivity contribution in [3.63, 3.8) is 0 Å². The van der Waals surface area contributed by atoms with E-state index in [-0.39, 0.29) is 0 Å². The lowest BCUT2D eigenvalue weighted by molar-refractivity contribution is 0.167. The molecule has 2 atom stereocenters. The van der Waals surface area contributed by atoms with Gasteiger partial charge < -0.3 is 10.6 Å². The molecule has 1 aliphatic rings. The highest BCUT2D eigenvalue weighted by Gasteiger charge is 2.25. The van der Waals surface area contributed by atoms with E-state index in [9.17, 15) is 0 Å². The standard InChI is InChI=1S/C14H30N2/c1-4-13-7-6-9-16(10-8-13)12-14(3,5-2)11-15/h13H,4-12,15H2,1-3H3. The van der Waals surface area contributed by atoms with Crippen molar-refractivity contribution in [2.75, 3.05) is 26.2 Å². The Morgan fingerprint density at radius 2 is 2.00 bits per heavy atom. The molecule has 0 spiro atoms. The topological polar surface area (TPSA) is 29.3 Å². The van der Waals surface area contributed by atoms with Crippen LogP contribution in [0.4, 0.5) is 0 Å². The molecule has 16 heavy (non-hydrogen) atoms. The Labute approximate surface area is 102 Å². The molecule has 2 unspecified atom stereocenters. The molecule has 0 amide bonds. The summed E-state index contributed by atoms with van der Waals surface area (Å²) >= 11 is 0. The number of likely N-dealkylation sites (tertiary alicyclic amines) is 1. The zero-order valence-corrected chi connectivity index (χ0v) is 11.5. The summed E-state index contributed by atoms with van der Waals surface area (Å²) in [7, 11) is 0. The van der Waals surface area contributed by atoms with E-state index in [0.717, 1.165) is 12.5 Å². The molecule has 0 aromatic rings. The van der Waals surface area contributed by atoms with Crippen LogP contribution >= 0.6 is 0 Å². The monoisotopic (exact) mass is 226 g/mol. The van der Waals surface area contributed by atoms with E-state index in [0.29, 0.717) is 5.41 Å². The van der Waals surface area contributed by atoms with E-state index < -0.39 is 0 Å². The fraction of sp³-hybridized carbons (Fsp3) is 1.00. The molecular weight excluding hydrogens is 196 g/mol. The zero-order chi connectivity index (χ0) is 12.0. The second kappa shape index (κ2) is 6.61. The average molecular weight is 226 g/mol. The molecule has 2 N–H and O–H groups in total. The van der Waals surface area contributed by atoms with Crippen LogP contribution in [0.15, 0.2) is 0 Å². The highest BCUT2D eigenvalue weighted by atomic mass is 15.1. The molecule has 1 saturated heterocycles. The van der Waals surface area contributed by atoms with E-state index in [1.54, 1.807) is 0 Å². The van der Waals surface area contributed by atoms with Crippen molar-refractivity contribution in [1.29, 1.82) is 0 Å². The molecule has 1 aliphatic heterocycles. The first-order valence-electron chi connectivity index (χ1n) is 7.06. The molecule has 1 rings (SSSR count). The van der Waals surface area contributed by atoms with Crippen LogP contribution in [0.2, 0.25) is 0 Å². The molecule has 0 radical (unpaired) electrons. The minimum atomic E-state index is 0.325. The maximum Gasteiger partial charge on any atom is 0.00473 e. The Balaban J connectivity index is 2.42. The van der Waals surface area contributed by atoms with Gasteiger partial charge in [0, 0.05) is 6.54 Å². The predicted molar refractivity (Wildman–Crippen MR) is 71.5 cm³/mol. The molecule has 96 valence electrons. The van der Waals surface area contributed by atoms with Gasteiger partial charge in [-0.15, -0.1) is 0 Å². The molecule has 0 aliphatic carbocycles. The quantitative estimate of drug-likeness (QED) is 0.781. The van der Waals surface area contributed by atoms with Gasteiger partial charge in [-0.25, -0.2) is 0 Å². The Morgan fingerprint density at radius 3 is 2.56 bits per heavy atom. The van der Waals surface area contributed by atoms with E-state index >= 15 is 0 Å². The average Bonchev–Trinajstić information content (AvgIpc) is 2.54. The van der Waals surface area contributed by atoms with Crippen molar-refractivity contribution in [3.05, 3.63) is 0 Å². The summed E-state index contributed by atoms with van der Waals surface area (Å²) in [6, 6.07) is 0. The van der Waals surface area contributed by atoms with Gasteiger partial charge in [0.25, 0.3) is 0 Å². The molecule has 2 nitrogen and oxygen atoms in total. The van der Waals surface area contributed by atoms with Crippen LogP contribution in [0, 0.1) is 11.3 Å². The fourth-order valence-electron chi connectivity index (χ4n) is 2.65. The lowest BCUT2D eigenvalue weighted by atomic mass is 9.87. The van der Waals surface area contributed by atoms with Crippen molar-refractivity contribution in [1.82, 2.24) is 4.90 Å². The number of hydrogen-bond donors (Lipinski definition) is 1. The van der Waals surface area contributed by atoms with Crippen LogP contribution in [0.25, 0.3) is 0 Å². The van der Waals surface area contributed by atoms with Crippen molar-refractivity contribution >= 4 is 0 Å². The van der Waals surface area contributed by atoms with Crippen LogP contribution < -0.4 is 5.73 Å². The predicted octanol–water partition coefficient (Wildman–Crippen LogP) is 2.87. The largest absolute Gasteiger partial charge is 0.330 e. The third-order valence-corrected chi connectivity index (χ3v) is 4.47. The summed E-state index contributed by atoms with van der Waals surface area (Å²) in [5.41, 5.74) is 6.23. The van der Waals surface area contributed by atoms with Gasteiger partial charge in [-0.2, -0.15) is 0 Å². The molecule has 0 saturated carbocycles. The van der Waals surface area contributed by atoms with Gasteiger partial charge in [-0.05, 0) is 56.7 Å². The number of hydrogen-bond acceptors (Lipinski definition) is 2. The minimum absolute atomic E-state index is 0.325. The smallest absolute Gasteiger partial charge is 0.00473 e. The van der Waals surface area contributed by atoms with Gasteiger partial charge in [-0.1, -0.05) is 27.2 Å². The Hall–Kier alpha value is -0.0800. The van der Waals surface area contributed by atoms with Crippen LogP contribution in [0.3, 0.4) is 0 Å². The lowest BCUT2D eigenvalue weighted by Crippen LogP contribution is -2.40. The first-order valence-corrected chi connectivity index (χ1v) is 7.06. The third-order valence-electron chi connectivity index (χ3n) is 4.47. The van der Waals surface area contributed by atoms with Crippen molar-refractivity contribution < 1.29 is 0 Å². The highest BCUT2D eigenvalue weighted by molar-refractivity contribution is 4.80. The Bertz CT molecular complexity index is 187. The second-order valence-corrected chi connectivity index (χ2v) is 5.85. The number of nitrogens with zero attached hydrogens (tertiary/aromatic N) is 1. The van der Waals surface area contributed by atoms with Crippen LogP contribution in [-0.4, -0.2) is 31.1 Å². The van der Waals surface area contributed by atoms with Gasteiger partial charge in [0.2, 0.25) is 0 Å². The first-order chi connectivity index (χ1) is 7.63. The lowest BCUT2D eigenvalue weighted by Gasteiger charge is -2.33. The minimum Gasteiger partial charge on any atom is -0.330 e. The third kappa shape index (κ3) is 4.06. The van der Waals surface area contributed by atoms with Crippen molar-refractivity contribution in [3.8, 4) is 0 Å². The molecule has 1 fully saturated rings. The van der Waals surface area contributed by atoms with E-state index in [1.807, 2.05) is 0 Å². The van der Waals surface area contributed by atoms with Crippen molar-refractivity contribution in [2.24, 2.45) is 17.1 Å². The van der Waals surface area contributed by atoms with Crippen LogP contribution in [0.5, 0.6) is 0 Å². The van der Waals surface area contributed by atoms with E-state index in [2.05, 4.69) is 25.7 Å². The summed E-state index contributed by atoms with van der Waals surface area (Å²) < 4.78 is 0. The van der Waals surface area contributed by atoms with Gasteiger partial charge in [-0.3, -0.25) is 0 Å². The van der Waals surface area contributed by atoms with Crippen LogP contribution in [0.1, 0.15) is 52.9 Å². The number of rotatable bonds is 5. The zero-order valence-electron chi connectivity index (χ0n) is 11.5. The van der Waals surface area contributed by atoms with Gasteiger partial charge in [0.15, 0.2) is 0 Å². The molecule has 2 heteroatoms. The maximum absolute atomic E-state index is 5.90. The fourth-order valence-corrected chi connectivity index (χ4v) is 2.65. The molecule has 0 bridgehead atoms. The molecule has 0 aromatic carbocycles. The molecule has 1 heterocycles. The molecule has 0 aromatic heterocycles. The van der Waals surface area contributed by atoms with E-state index in [1.165, 1.54) is 51.7 Å². The van der Waals surface area contributed by atoms with Gasteiger partial charge in [0.05, 0.1) is 0 Å². The Kier molecular flexibility index (Phi) is 5.77. The Morgan fingerprint density at radius 1 is 1.25 bits per heavy atom. The molecular formula is C14H30N2. The second-order valence-electron chi connectivity index (χ2n) is 5.85. The summed E-state index contributed by atoms with van der Waals surface area (Å²) in [4.78, 5) is 2.64. The van der Waals surface area contributed by atoms with Gasteiger partial charge >= 0.3 is 0 Å². The number of nitrogens with two attached hydrogens (primary N) is 1. The summed E-state index contributed by atoms with van der Waals surface area (Å²) in [5.74, 6) is 0.968. The summed E-state index contributed by atoms with van der Waals surface area (Å²) in [6.07, 6.45) is 6.75. The first kappa shape index (κ1) is 14.0. The SMILES string of the molecule is CCC1CCCN(CC(C)(CC)CN)CC1. The highest BCUT2D eigenvalue weighted by Crippen LogP contribution is 2.25. The summed E-state index contributed by atoms with van der Waals surface area (Å²) in [6.45, 7) is 11.5. The van der Waals surface area contributed by atoms with Crippen LogP contribution in [-0.2, 0) is 0 Å². The van der Waals surface area contributed by atoms with E-state index in [4.69, 9.17) is 5.73 Å².